The van der Waals surface area contributed by atoms with Gasteiger partial charge >= 0.3 is 0 Å². The van der Waals surface area contributed by atoms with E-state index in [1.165, 1.54) is 6.20 Å². The molecule has 1 amide bonds. The van der Waals surface area contributed by atoms with Gasteiger partial charge in [0.15, 0.2) is 0 Å². The Labute approximate surface area is 74.2 Å². The Balaban J connectivity index is 2.41. The minimum absolute atomic E-state index is 0.179. The quantitative estimate of drug-likeness (QED) is 0.684. The molecule has 3 N–H and O–H groups in total. The van der Waals surface area contributed by atoms with Crippen molar-refractivity contribution in [3.05, 3.63) is 18.3 Å². The van der Waals surface area contributed by atoms with E-state index < -0.39 is 11.9 Å². The van der Waals surface area contributed by atoms with Gasteiger partial charge in [-0.1, -0.05) is 0 Å². The number of nitrogens with one attached hydrogen (secondary N) is 1. The smallest absolute Gasteiger partial charge is 0.233 e. The van der Waals surface area contributed by atoms with Crippen molar-refractivity contribution in [2.24, 2.45) is 5.73 Å². The number of carbonyl (C=O) groups is 1. The van der Waals surface area contributed by atoms with Crippen LogP contribution in [0.3, 0.4) is 0 Å². The van der Waals surface area contributed by atoms with Gasteiger partial charge in [0.25, 0.3) is 0 Å². The fourth-order valence-corrected chi connectivity index (χ4v) is 0.741. The van der Waals surface area contributed by atoms with Gasteiger partial charge < -0.3 is 11.1 Å². The van der Waals surface area contributed by atoms with Gasteiger partial charge in [0.2, 0.25) is 11.9 Å². The first-order valence-corrected chi connectivity index (χ1v) is 3.68. The highest BCUT2D eigenvalue weighted by Crippen LogP contribution is 1.99. The molecule has 0 aliphatic rings. The Hall–Kier alpha value is -1.72. The first-order chi connectivity index (χ1) is 6.18. The van der Waals surface area contributed by atoms with E-state index >= 15 is 0 Å². The fraction of sp³-hybridized carbons (Fsp3) is 0.286. The van der Waals surface area contributed by atoms with Crippen LogP contribution in [-0.4, -0.2) is 22.4 Å². The second kappa shape index (κ2) is 4.34. The summed E-state index contributed by atoms with van der Waals surface area (Å²) in [4.78, 5) is 17.4. The normalized spacial score (nSPS) is 9.62. The van der Waals surface area contributed by atoms with Crippen molar-refractivity contribution in [3.63, 3.8) is 0 Å². The molecule has 6 heteroatoms. The minimum Gasteiger partial charge on any atom is -0.370 e. The Morgan fingerprint density at radius 2 is 2.38 bits per heavy atom. The molecule has 0 aliphatic heterocycles. The van der Waals surface area contributed by atoms with Crippen LogP contribution in [0.4, 0.5) is 10.2 Å². The van der Waals surface area contributed by atoms with E-state index in [-0.39, 0.29) is 6.42 Å². The molecule has 0 aliphatic carbocycles. The summed E-state index contributed by atoms with van der Waals surface area (Å²) in [5.74, 6) is -0.790. The number of nitrogens with zero attached hydrogens (tertiary/aromatic N) is 2. The topological polar surface area (TPSA) is 80.9 Å². The molecule has 0 saturated carbocycles. The van der Waals surface area contributed by atoms with Gasteiger partial charge in [-0.2, -0.15) is 9.37 Å². The van der Waals surface area contributed by atoms with E-state index in [9.17, 15) is 9.18 Å². The van der Waals surface area contributed by atoms with Crippen LogP contribution in [0.5, 0.6) is 0 Å². The van der Waals surface area contributed by atoms with Gasteiger partial charge in [-0.3, -0.25) is 9.78 Å². The van der Waals surface area contributed by atoms with Crippen molar-refractivity contribution in [2.45, 2.75) is 6.42 Å². The molecule has 0 radical (unpaired) electrons. The highest BCUT2D eigenvalue weighted by molar-refractivity contribution is 5.74. The molecule has 1 aromatic rings. The Morgan fingerprint density at radius 3 is 3.00 bits per heavy atom. The van der Waals surface area contributed by atoms with Crippen molar-refractivity contribution < 1.29 is 9.18 Å². The van der Waals surface area contributed by atoms with Crippen LogP contribution in [-0.2, 0) is 4.79 Å². The number of aromatic nitrogens is 2. The van der Waals surface area contributed by atoms with Crippen LogP contribution in [0.25, 0.3) is 0 Å². The van der Waals surface area contributed by atoms with Crippen molar-refractivity contribution >= 4 is 11.7 Å². The second-order valence-corrected chi connectivity index (χ2v) is 2.37. The molecule has 0 spiro atoms. The molecule has 0 unspecified atom stereocenters. The Kier molecular flexibility index (Phi) is 3.13. The fourth-order valence-electron chi connectivity index (χ4n) is 0.741. The summed E-state index contributed by atoms with van der Waals surface area (Å²) in [6.45, 7) is 0.327. The van der Waals surface area contributed by atoms with E-state index in [4.69, 9.17) is 5.73 Å². The molecule has 70 valence electrons. The predicted octanol–water partition coefficient (Wildman–Crippen LogP) is -0.0970. The molecule has 0 atom stereocenters. The van der Waals surface area contributed by atoms with E-state index in [1.807, 2.05) is 0 Å². The van der Waals surface area contributed by atoms with Crippen molar-refractivity contribution in [3.8, 4) is 0 Å². The zero-order chi connectivity index (χ0) is 9.68. The molecular formula is C7H9FN4O. The Bertz CT molecular complexity index is 304. The highest BCUT2D eigenvalue weighted by atomic mass is 19.1. The average molecular weight is 184 g/mol. The molecule has 1 heterocycles. The molecule has 1 rings (SSSR count). The zero-order valence-corrected chi connectivity index (χ0v) is 6.83. The van der Waals surface area contributed by atoms with Crippen molar-refractivity contribution in [2.75, 3.05) is 11.9 Å². The number of nitrogens with two attached hydrogens (primary N) is 1. The van der Waals surface area contributed by atoms with Crippen molar-refractivity contribution in [1.82, 2.24) is 9.97 Å². The van der Waals surface area contributed by atoms with Gasteiger partial charge in [-0.25, -0.2) is 0 Å². The lowest BCUT2D eigenvalue weighted by molar-refractivity contribution is -0.117. The van der Waals surface area contributed by atoms with Gasteiger partial charge in [0.1, 0.15) is 5.82 Å². The van der Waals surface area contributed by atoms with Crippen LogP contribution in [0.15, 0.2) is 12.4 Å². The van der Waals surface area contributed by atoms with Crippen LogP contribution in [0, 0.1) is 5.95 Å². The highest BCUT2D eigenvalue weighted by Gasteiger charge is 1.97. The van der Waals surface area contributed by atoms with E-state index in [1.54, 1.807) is 0 Å². The maximum absolute atomic E-state index is 12.4. The molecule has 13 heavy (non-hydrogen) atoms. The maximum atomic E-state index is 12.4. The zero-order valence-electron chi connectivity index (χ0n) is 6.83. The third-order valence-electron chi connectivity index (χ3n) is 1.28. The first kappa shape index (κ1) is 9.37. The van der Waals surface area contributed by atoms with E-state index in [0.717, 1.165) is 6.20 Å². The number of halogens is 1. The summed E-state index contributed by atoms with van der Waals surface area (Å²) in [5.41, 5.74) is 4.90. The second-order valence-electron chi connectivity index (χ2n) is 2.37. The number of anilines is 1. The van der Waals surface area contributed by atoms with Gasteiger partial charge in [0.05, 0.1) is 12.4 Å². The van der Waals surface area contributed by atoms with Crippen LogP contribution in [0.1, 0.15) is 6.42 Å². The first-order valence-electron chi connectivity index (χ1n) is 3.68. The molecule has 0 bridgehead atoms. The third kappa shape index (κ3) is 3.46. The molecule has 0 aromatic carbocycles. The lowest BCUT2D eigenvalue weighted by atomic mass is 10.4. The Morgan fingerprint density at radius 1 is 1.62 bits per heavy atom. The summed E-state index contributed by atoms with van der Waals surface area (Å²) in [7, 11) is 0. The van der Waals surface area contributed by atoms with E-state index in [2.05, 4.69) is 15.3 Å². The molecule has 0 fully saturated rings. The molecule has 5 nitrogen and oxygen atoms in total. The summed E-state index contributed by atoms with van der Waals surface area (Å²) in [6, 6.07) is 0. The number of hydrogen-bond acceptors (Lipinski definition) is 4. The van der Waals surface area contributed by atoms with Crippen LogP contribution in [0.2, 0.25) is 0 Å². The molecule has 1 aromatic heterocycles. The number of carbonyl (C=O) groups excluding carboxylic acids is 1. The number of rotatable bonds is 4. The summed E-state index contributed by atoms with van der Waals surface area (Å²) in [5, 5.41) is 2.70. The van der Waals surface area contributed by atoms with Crippen molar-refractivity contribution in [1.29, 1.82) is 0 Å². The lowest BCUT2D eigenvalue weighted by Gasteiger charge is -2.01. The minimum atomic E-state index is -0.663. The summed E-state index contributed by atoms with van der Waals surface area (Å²) >= 11 is 0. The molecular weight excluding hydrogens is 175 g/mol. The predicted molar refractivity (Wildman–Crippen MR) is 44.3 cm³/mol. The van der Waals surface area contributed by atoms with Gasteiger partial charge in [-0.05, 0) is 0 Å². The van der Waals surface area contributed by atoms with Gasteiger partial charge in [-0.15, -0.1) is 0 Å². The number of primary amides is 1. The molecule has 0 saturated heterocycles. The number of hydrogen-bond donors (Lipinski definition) is 2. The third-order valence-corrected chi connectivity index (χ3v) is 1.28. The maximum Gasteiger partial charge on any atom is 0.233 e. The standard InChI is InChI=1S/C7H9FN4O/c8-5-3-10-4-7(12-5)11-2-1-6(9)13/h3-4H,1-2H2,(H2,9,13)(H,11,12). The van der Waals surface area contributed by atoms with E-state index in [0.29, 0.717) is 12.4 Å². The average Bonchev–Trinajstić information content (AvgIpc) is 2.03. The lowest BCUT2D eigenvalue weighted by Crippen LogP contribution is -2.16. The van der Waals surface area contributed by atoms with Gasteiger partial charge in [0, 0.05) is 13.0 Å². The largest absolute Gasteiger partial charge is 0.370 e. The monoisotopic (exact) mass is 184 g/mol. The summed E-state index contributed by atoms with van der Waals surface area (Å²) in [6.07, 6.45) is 2.54. The SMILES string of the molecule is NC(=O)CCNc1cncc(F)n1. The van der Waals surface area contributed by atoms with Crippen LogP contribution < -0.4 is 11.1 Å². The number of amides is 1. The summed E-state index contributed by atoms with van der Waals surface area (Å²) < 4.78 is 12.4. The van der Waals surface area contributed by atoms with Crippen LogP contribution >= 0.6 is 0 Å².